The number of rotatable bonds is 2. The van der Waals surface area contributed by atoms with E-state index in [4.69, 9.17) is 0 Å². The van der Waals surface area contributed by atoms with Crippen LogP contribution in [0.5, 0.6) is 0 Å². The van der Waals surface area contributed by atoms with Crippen molar-refractivity contribution in [3.63, 3.8) is 0 Å². The summed E-state index contributed by atoms with van der Waals surface area (Å²) >= 11 is 0. The molecule has 1 heteroatoms. The minimum Gasteiger partial charge on any atom is -0.308 e. The van der Waals surface area contributed by atoms with Crippen LogP contribution in [-0.4, -0.2) is 0 Å². The molecular formula is C11H11Zr-. The molecule has 60 valence electrons. The minimum atomic E-state index is 0. The van der Waals surface area contributed by atoms with Gasteiger partial charge >= 0.3 is 0 Å². The molecule has 0 nitrogen and oxygen atoms in total. The maximum absolute atomic E-state index is 2.33. The monoisotopic (exact) mass is 233 g/mol. The van der Waals surface area contributed by atoms with Crippen molar-refractivity contribution >= 4 is 0 Å². The van der Waals surface area contributed by atoms with Crippen molar-refractivity contribution in [2.24, 2.45) is 11.8 Å². The third-order valence-corrected chi connectivity index (χ3v) is 2.00. The molecule has 0 N–H and O–H groups in total. The Hall–Kier alpha value is -0.157. The molecule has 0 fully saturated rings. The first kappa shape index (κ1) is 9.93. The van der Waals surface area contributed by atoms with Crippen LogP contribution in [0.25, 0.3) is 0 Å². The molecular weight excluding hydrogens is 223 g/mol. The van der Waals surface area contributed by atoms with Gasteiger partial charge < -0.3 is 6.42 Å². The Morgan fingerprint density at radius 2 is 1.00 bits per heavy atom. The van der Waals surface area contributed by atoms with Gasteiger partial charge in [0.25, 0.3) is 0 Å². The van der Waals surface area contributed by atoms with E-state index in [1.807, 2.05) is 0 Å². The second kappa shape index (κ2) is 4.77. The molecule has 0 aromatic rings. The summed E-state index contributed by atoms with van der Waals surface area (Å²) in [6.45, 7) is 0. The minimum absolute atomic E-state index is 0. The summed E-state index contributed by atoms with van der Waals surface area (Å²) in [6, 6.07) is 0. The van der Waals surface area contributed by atoms with Crippen LogP contribution >= 0.6 is 0 Å². The smallest absolute Gasteiger partial charge is 0 e. The van der Waals surface area contributed by atoms with Crippen molar-refractivity contribution in [1.82, 2.24) is 0 Å². The Bertz CT molecular complexity index is 196. The molecule has 0 saturated carbocycles. The number of hydrogen-bond donors (Lipinski definition) is 0. The summed E-state index contributed by atoms with van der Waals surface area (Å²) in [5.41, 5.74) is 0. The predicted octanol–water partition coefficient (Wildman–Crippen LogP) is 2.67. The molecule has 0 aromatic carbocycles. The molecule has 0 unspecified atom stereocenters. The second-order valence-electron chi connectivity index (χ2n) is 2.89. The topological polar surface area (TPSA) is 0 Å². The van der Waals surface area contributed by atoms with Gasteiger partial charge in [-0.1, -0.05) is 24.3 Å². The van der Waals surface area contributed by atoms with Gasteiger partial charge in [0.15, 0.2) is 0 Å². The van der Waals surface area contributed by atoms with Crippen LogP contribution in [0.15, 0.2) is 48.6 Å². The average Bonchev–Trinajstić information content (AvgIpc) is 2.60. The number of allylic oxidation sites excluding steroid dienone is 8. The Morgan fingerprint density at radius 3 is 1.33 bits per heavy atom. The van der Waals surface area contributed by atoms with Crippen LogP contribution in [-0.2, 0) is 26.2 Å². The standard InChI is InChI=1S/C11H11.Zr/c1-2-6-10(5-1)9-11-7-3-4-8-11;/h1-11H;/q-1;. The molecule has 0 spiro atoms. The Balaban J connectivity index is 0.000000720. The summed E-state index contributed by atoms with van der Waals surface area (Å²) in [5, 5.41) is 0. The van der Waals surface area contributed by atoms with Crippen LogP contribution in [0, 0.1) is 18.3 Å². The molecule has 0 atom stereocenters. The molecule has 0 aromatic heterocycles. The van der Waals surface area contributed by atoms with Crippen LogP contribution in [0.1, 0.15) is 0 Å². The summed E-state index contributed by atoms with van der Waals surface area (Å²) in [6.07, 6.45) is 19.6. The van der Waals surface area contributed by atoms with Gasteiger partial charge in [-0.25, -0.2) is 0 Å². The van der Waals surface area contributed by atoms with E-state index >= 15 is 0 Å². The van der Waals surface area contributed by atoms with Crippen molar-refractivity contribution in [3.05, 3.63) is 55.0 Å². The fraction of sp³-hybridized carbons (Fsp3) is 0.182. The first-order valence-electron chi connectivity index (χ1n) is 4.00. The van der Waals surface area contributed by atoms with Crippen molar-refractivity contribution in [2.75, 3.05) is 0 Å². The van der Waals surface area contributed by atoms with Gasteiger partial charge in [0.1, 0.15) is 0 Å². The summed E-state index contributed by atoms with van der Waals surface area (Å²) in [5.74, 6) is 1.10. The van der Waals surface area contributed by atoms with Gasteiger partial charge in [0.05, 0.1) is 0 Å². The molecule has 0 heterocycles. The van der Waals surface area contributed by atoms with Gasteiger partial charge in [0, 0.05) is 26.2 Å². The normalized spacial score (nSPS) is 20.7. The van der Waals surface area contributed by atoms with E-state index in [2.05, 4.69) is 55.0 Å². The Labute approximate surface area is 92.9 Å². The van der Waals surface area contributed by atoms with E-state index in [9.17, 15) is 0 Å². The zero-order valence-electron chi connectivity index (χ0n) is 6.85. The zero-order chi connectivity index (χ0) is 7.52. The van der Waals surface area contributed by atoms with E-state index in [-0.39, 0.29) is 26.2 Å². The van der Waals surface area contributed by atoms with E-state index in [1.54, 1.807) is 0 Å². The van der Waals surface area contributed by atoms with E-state index in [0.717, 1.165) is 0 Å². The van der Waals surface area contributed by atoms with Crippen LogP contribution < -0.4 is 0 Å². The molecule has 0 bridgehead atoms. The predicted molar refractivity (Wildman–Crippen MR) is 47.8 cm³/mol. The van der Waals surface area contributed by atoms with Crippen molar-refractivity contribution in [1.29, 1.82) is 0 Å². The summed E-state index contributed by atoms with van der Waals surface area (Å²) in [4.78, 5) is 0. The van der Waals surface area contributed by atoms with Gasteiger partial charge in [-0.15, -0.1) is 36.1 Å². The van der Waals surface area contributed by atoms with Crippen LogP contribution in [0.4, 0.5) is 0 Å². The fourth-order valence-electron chi connectivity index (χ4n) is 1.41. The molecule has 0 amide bonds. The summed E-state index contributed by atoms with van der Waals surface area (Å²) in [7, 11) is 0. The molecule has 0 aliphatic heterocycles. The first-order chi connectivity index (χ1) is 5.45. The third kappa shape index (κ3) is 2.42. The average molecular weight is 234 g/mol. The second-order valence-corrected chi connectivity index (χ2v) is 2.89. The SMILES string of the molecule is C1=CC([CH-]C2C=CC=C2)C=C1.[Zr]. The largest absolute Gasteiger partial charge is 0.308 e. The third-order valence-electron chi connectivity index (χ3n) is 2.00. The molecule has 12 heavy (non-hydrogen) atoms. The van der Waals surface area contributed by atoms with Gasteiger partial charge in [-0.05, 0) is 0 Å². The Kier molecular flexibility index (Phi) is 3.94. The number of hydrogen-bond acceptors (Lipinski definition) is 0. The van der Waals surface area contributed by atoms with Gasteiger partial charge in [-0.3, -0.25) is 0 Å². The van der Waals surface area contributed by atoms with Crippen LogP contribution in [0.3, 0.4) is 0 Å². The van der Waals surface area contributed by atoms with Gasteiger partial charge in [0.2, 0.25) is 0 Å². The molecule has 2 aliphatic carbocycles. The van der Waals surface area contributed by atoms with Crippen molar-refractivity contribution < 1.29 is 26.2 Å². The molecule has 2 rings (SSSR count). The van der Waals surface area contributed by atoms with E-state index < -0.39 is 0 Å². The van der Waals surface area contributed by atoms with E-state index in [0.29, 0.717) is 11.8 Å². The zero-order valence-corrected chi connectivity index (χ0v) is 9.31. The summed E-state index contributed by atoms with van der Waals surface area (Å²) < 4.78 is 0. The quantitative estimate of drug-likeness (QED) is 0.645. The van der Waals surface area contributed by atoms with Crippen molar-refractivity contribution in [3.8, 4) is 0 Å². The van der Waals surface area contributed by atoms with E-state index in [1.165, 1.54) is 0 Å². The fourth-order valence-corrected chi connectivity index (χ4v) is 1.41. The van der Waals surface area contributed by atoms with Gasteiger partial charge in [-0.2, -0.15) is 0 Å². The molecule has 0 radical (unpaired) electrons. The Morgan fingerprint density at radius 1 is 0.667 bits per heavy atom. The van der Waals surface area contributed by atoms with Crippen LogP contribution in [0.2, 0.25) is 0 Å². The maximum Gasteiger partial charge on any atom is 0 e. The van der Waals surface area contributed by atoms with Crippen molar-refractivity contribution in [2.45, 2.75) is 0 Å². The first-order valence-corrected chi connectivity index (χ1v) is 4.00. The molecule has 0 saturated heterocycles. The maximum atomic E-state index is 2.33. The molecule has 2 aliphatic rings.